The zero-order valence-electron chi connectivity index (χ0n) is 11.8. The lowest BCUT2D eigenvalue weighted by Gasteiger charge is -2.22. The summed E-state index contributed by atoms with van der Waals surface area (Å²) in [6.45, 7) is 5.44. The van der Waals surface area contributed by atoms with Gasteiger partial charge in [-0.15, -0.1) is 0 Å². The standard InChI is InChI=1S/C16H20BrN3/c1-12-8-14(2-3-16(12)17)15-9-19-20(11-15)10-13-4-6-18-7-5-13/h2-3,8-9,11,13,18H,4-7,10H2,1H3. The third-order valence-electron chi connectivity index (χ3n) is 4.03. The van der Waals surface area contributed by atoms with Crippen LogP contribution in [0.25, 0.3) is 11.1 Å². The quantitative estimate of drug-likeness (QED) is 0.929. The maximum atomic E-state index is 4.52. The van der Waals surface area contributed by atoms with Gasteiger partial charge in [0.1, 0.15) is 0 Å². The number of hydrogen-bond donors (Lipinski definition) is 1. The third kappa shape index (κ3) is 3.13. The SMILES string of the molecule is Cc1cc(-c2cnn(CC3CCNCC3)c2)ccc1Br. The fraction of sp³-hybridized carbons (Fsp3) is 0.438. The van der Waals surface area contributed by atoms with E-state index in [0.29, 0.717) is 0 Å². The van der Waals surface area contributed by atoms with Crippen molar-refractivity contribution in [1.29, 1.82) is 0 Å². The van der Waals surface area contributed by atoms with Crippen molar-refractivity contribution < 1.29 is 0 Å². The number of nitrogens with zero attached hydrogens (tertiary/aromatic N) is 2. The van der Waals surface area contributed by atoms with Gasteiger partial charge in [0.25, 0.3) is 0 Å². The van der Waals surface area contributed by atoms with Gasteiger partial charge in [-0.05, 0) is 56.0 Å². The second-order valence-corrected chi connectivity index (χ2v) is 6.46. The molecule has 0 saturated carbocycles. The van der Waals surface area contributed by atoms with Crippen molar-refractivity contribution >= 4 is 15.9 Å². The molecule has 2 aromatic rings. The number of piperidine rings is 1. The maximum Gasteiger partial charge on any atom is 0.0568 e. The predicted octanol–water partition coefficient (Wildman–Crippen LogP) is 3.62. The molecule has 20 heavy (non-hydrogen) atoms. The van der Waals surface area contributed by atoms with E-state index in [1.165, 1.54) is 29.5 Å². The summed E-state index contributed by atoms with van der Waals surface area (Å²) in [5.41, 5.74) is 3.70. The Kier molecular flexibility index (Phi) is 4.22. The molecule has 0 aliphatic carbocycles. The number of hydrogen-bond acceptors (Lipinski definition) is 2. The summed E-state index contributed by atoms with van der Waals surface area (Å²) in [4.78, 5) is 0. The van der Waals surface area contributed by atoms with Crippen molar-refractivity contribution in [2.45, 2.75) is 26.3 Å². The number of aryl methyl sites for hydroxylation is 1. The molecule has 0 bridgehead atoms. The van der Waals surface area contributed by atoms with Gasteiger partial charge in [0, 0.05) is 22.8 Å². The minimum absolute atomic E-state index is 0.760. The van der Waals surface area contributed by atoms with Crippen molar-refractivity contribution in [1.82, 2.24) is 15.1 Å². The van der Waals surface area contributed by atoms with E-state index in [0.717, 1.165) is 30.0 Å². The largest absolute Gasteiger partial charge is 0.317 e. The Hall–Kier alpha value is -1.13. The lowest BCUT2D eigenvalue weighted by atomic mass is 9.98. The highest BCUT2D eigenvalue weighted by molar-refractivity contribution is 9.10. The van der Waals surface area contributed by atoms with Crippen LogP contribution in [0, 0.1) is 12.8 Å². The minimum Gasteiger partial charge on any atom is -0.317 e. The van der Waals surface area contributed by atoms with Crippen LogP contribution < -0.4 is 5.32 Å². The first kappa shape index (κ1) is 13.8. The highest BCUT2D eigenvalue weighted by atomic mass is 79.9. The van der Waals surface area contributed by atoms with E-state index >= 15 is 0 Å². The van der Waals surface area contributed by atoms with Gasteiger partial charge in [0.15, 0.2) is 0 Å². The maximum absolute atomic E-state index is 4.52. The lowest BCUT2D eigenvalue weighted by Crippen LogP contribution is -2.29. The summed E-state index contributed by atoms with van der Waals surface area (Å²) in [6, 6.07) is 6.45. The van der Waals surface area contributed by atoms with Crippen LogP contribution in [0.15, 0.2) is 35.1 Å². The minimum atomic E-state index is 0.760. The van der Waals surface area contributed by atoms with Crippen LogP contribution in [0.1, 0.15) is 18.4 Å². The van der Waals surface area contributed by atoms with Crippen LogP contribution in [0.2, 0.25) is 0 Å². The van der Waals surface area contributed by atoms with Gasteiger partial charge in [-0.2, -0.15) is 5.10 Å². The molecule has 2 heterocycles. The normalized spacial score (nSPS) is 16.5. The molecule has 1 fully saturated rings. The Morgan fingerprint density at radius 1 is 1.30 bits per heavy atom. The molecule has 0 radical (unpaired) electrons. The Bertz CT molecular complexity index is 585. The average Bonchev–Trinajstić information content (AvgIpc) is 2.91. The Morgan fingerprint density at radius 3 is 2.85 bits per heavy atom. The molecule has 1 aromatic heterocycles. The van der Waals surface area contributed by atoms with Crippen molar-refractivity contribution in [3.63, 3.8) is 0 Å². The second-order valence-electron chi connectivity index (χ2n) is 5.61. The van der Waals surface area contributed by atoms with Crippen LogP contribution in [0.5, 0.6) is 0 Å². The molecule has 1 aliphatic rings. The fourth-order valence-corrected chi connectivity index (χ4v) is 3.01. The van der Waals surface area contributed by atoms with Gasteiger partial charge in [-0.25, -0.2) is 0 Å². The topological polar surface area (TPSA) is 29.9 Å². The number of halogens is 1. The van der Waals surface area contributed by atoms with Crippen LogP contribution >= 0.6 is 15.9 Å². The molecule has 0 amide bonds. The number of nitrogens with one attached hydrogen (secondary N) is 1. The zero-order valence-corrected chi connectivity index (χ0v) is 13.4. The Labute approximate surface area is 128 Å². The van der Waals surface area contributed by atoms with E-state index < -0.39 is 0 Å². The van der Waals surface area contributed by atoms with Gasteiger partial charge in [0.2, 0.25) is 0 Å². The van der Waals surface area contributed by atoms with Gasteiger partial charge in [0.05, 0.1) is 6.20 Å². The Morgan fingerprint density at radius 2 is 2.10 bits per heavy atom. The summed E-state index contributed by atoms with van der Waals surface area (Å²) >= 11 is 3.55. The number of aromatic nitrogens is 2. The summed E-state index contributed by atoms with van der Waals surface area (Å²) in [6.07, 6.45) is 6.66. The molecule has 4 heteroatoms. The van der Waals surface area contributed by atoms with Crippen LogP contribution in [-0.4, -0.2) is 22.9 Å². The first-order valence-corrected chi connectivity index (χ1v) is 8.01. The van der Waals surface area contributed by atoms with E-state index in [2.05, 4.69) is 62.3 Å². The molecule has 3 rings (SSSR count). The van der Waals surface area contributed by atoms with E-state index in [4.69, 9.17) is 0 Å². The molecule has 0 unspecified atom stereocenters. The highest BCUT2D eigenvalue weighted by Gasteiger charge is 2.14. The molecule has 1 N–H and O–H groups in total. The van der Waals surface area contributed by atoms with Gasteiger partial charge in [-0.3, -0.25) is 4.68 Å². The summed E-state index contributed by atoms with van der Waals surface area (Å²) in [5, 5.41) is 7.93. The third-order valence-corrected chi connectivity index (χ3v) is 4.92. The van der Waals surface area contributed by atoms with E-state index in [-0.39, 0.29) is 0 Å². The van der Waals surface area contributed by atoms with Crippen LogP contribution in [0.3, 0.4) is 0 Å². The van der Waals surface area contributed by atoms with Crippen LogP contribution in [-0.2, 0) is 6.54 Å². The zero-order chi connectivity index (χ0) is 13.9. The van der Waals surface area contributed by atoms with E-state index in [1.54, 1.807) is 0 Å². The molecule has 0 atom stereocenters. The van der Waals surface area contributed by atoms with Crippen LogP contribution in [0.4, 0.5) is 0 Å². The number of benzene rings is 1. The lowest BCUT2D eigenvalue weighted by molar-refractivity contribution is 0.321. The Balaban J connectivity index is 1.73. The molecule has 1 saturated heterocycles. The fourth-order valence-electron chi connectivity index (χ4n) is 2.77. The molecule has 1 aromatic carbocycles. The molecular formula is C16H20BrN3. The molecule has 3 nitrogen and oxygen atoms in total. The van der Waals surface area contributed by atoms with Crippen molar-refractivity contribution in [3.05, 3.63) is 40.6 Å². The predicted molar refractivity (Wildman–Crippen MR) is 85.7 cm³/mol. The van der Waals surface area contributed by atoms with Gasteiger partial charge < -0.3 is 5.32 Å². The monoisotopic (exact) mass is 333 g/mol. The van der Waals surface area contributed by atoms with Crippen molar-refractivity contribution in [3.8, 4) is 11.1 Å². The summed E-state index contributed by atoms with van der Waals surface area (Å²) in [7, 11) is 0. The first-order chi connectivity index (χ1) is 9.72. The summed E-state index contributed by atoms with van der Waals surface area (Å²) < 4.78 is 3.26. The first-order valence-electron chi connectivity index (χ1n) is 7.22. The van der Waals surface area contributed by atoms with E-state index in [1.807, 2.05) is 6.20 Å². The van der Waals surface area contributed by atoms with Crippen molar-refractivity contribution in [2.75, 3.05) is 13.1 Å². The average molecular weight is 334 g/mol. The number of rotatable bonds is 3. The second kappa shape index (κ2) is 6.10. The molecule has 0 spiro atoms. The molecule has 1 aliphatic heterocycles. The van der Waals surface area contributed by atoms with Gasteiger partial charge in [-0.1, -0.05) is 28.1 Å². The summed E-state index contributed by atoms with van der Waals surface area (Å²) in [5.74, 6) is 0.760. The highest BCUT2D eigenvalue weighted by Crippen LogP contribution is 2.25. The molecular weight excluding hydrogens is 314 g/mol. The smallest absolute Gasteiger partial charge is 0.0568 e. The van der Waals surface area contributed by atoms with E-state index in [9.17, 15) is 0 Å². The molecule has 106 valence electrons. The van der Waals surface area contributed by atoms with Gasteiger partial charge >= 0.3 is 0 Å². The van der Waals surface area contributed by atoms with Crippen molar-refractivity contribution in [2.24, 2.45) is 5.92 Å².